The van der Waals surface area contributed by atoms with Crippen molar-refractivity contribution in [1.29, 1.82) is 0 Å². The number of carbonyl (C=O) groups excluding carboxylic acids is 1. The molecule has 0 aliphatic rings. The first-order valence-corrected chi connectivity index (χ1v) is 8.69. The number of amides is 1. The first-order valence-electron chi connectivity index (χ1n) is 7.81. The number of rotatable bonds is 6. The number of alkyl halides is 1. The largest absolute Gasteiger partial charge is 0.477 e. The van der Waals surface area contributed by atoms with Gasteiger partial charge in [-0.25, -0.2) is 18.0 Å². The highest BCUT2D eigenvalue weighted by molar-refractivity contribution is 7.12. The van der Waals surface area contributed by atoms with Gasteiger partial charge in [0.2, 0.25) is 6.86 Å². The highest BCUT2D eigenvalue weighted by Crippen LogP contribution is 2.30. The van der Waals surface area contributed by atoms with Crippen molar-refractivity contribution >= 4 is 28.9 Å². The number of aromatic carboxylic acids is 1. The lowest BCUT2D eigenvalue weighted by Gasteiger charge is -2.11. The third-order valence-corrected chi connectivity index (χ3v) is 4.68. The third-order valence-electron chi connectivity index (χ3n) is 3.77. The van der Waals surface area contributed by atoms with Gasteiger partial charge in [0.1, 0.15) is 27.9 Å². The van der Waals surface area contributed by atoms with Crippen LogP contribution in [0.3, 0.4) is 0 Å². The van der Waals surface area contributed by atoms with Crippen molar-refractivity contribution in [3.8, 4) is 16.9 Å². The van der Waals surface area contributed by atoms with Gasteiger partial charge >= 0.3 is 5.97 Å². The standard InChI is InChI=1S/C19H12F3NO4S/c20-9-27-12-3-1-2-10(6-12)11-7-14(21)16(15(22)8-11)23-18(24)13-4-5-28-17(13)19(25)26/h1-8H,9H2,(H,23,24)(H,25,26). The maximum absolute atomic E-state index is 14.4. The molecule has 0 aliphatic heterocycles. The summed E-state index contributed by atoms with van der Waals surface area (Å²) >= 11 is 0.824. The Morgan fingerprint density at radius 3 is 2.43 bits per heavy atom. The van der Waals surface area contributed by atoms with E-state index in [9.17, 15) is 22.8 Å². The molecule has 0 bridgehead atoms. The number of carboxylic acid groups (broad SMARTS) is 1. The highest BCUT2D eigenvalue weighted by atomic mass is 32.1. The molecule has 0 radical (unpaired) electrons. The lowest BCUT2D eigenvalue weighted by molar-refractivity contribution is 0.0698. The van der Waals surface area contributed by atoms with Crippen LogP contribution < -0.4 is 10.1 Å². The molecule has 5 nitrogen and oxygen atoms in total. The van der Waals surface area contributed by atoms with E-state index in [0.29, 0.717) is 5.56 Å². The van der Waals surface area contributed by atoms with Crippen LogP contribution in [0, 0.1) is 11.6 Å². The van der Waals surface area contributed by atoms with Crippen molar-refractivity contribution in [2.24, 2.45) is 0 Å². The predicted octanol–water partition coefficient (Wildman–Crippen LogP) is 4.95. The van der Waals surface area contributed by atoms with E-state index in [0.717, 1.165) is 23.5 Å². The molecule has 9 heteroatoms. The normalized spacial score (nSPS) is 10.5. The number of nitrogens with one attached hydrogen (secondary N) is 1. The predicted molar refractivity (Wildman–Crippen MR) is 97.6 cm³/mol. The quantitative estimate of drug-likeness (QED) is 0.606. The Bertz CT molecular complexity index is 1030. The minimum atomic E-state index is -1.31. The molecule has 2 N–H and O–H groups in total. The van der Waals surface area contributed by atoms with E-state index >= 15 is 0 Å². The van der Waals surface area contributed by atoms with E-state index < -0.39 is 36.1 Å². The molecule has 28 heavy (non-hydrogen) atoms. The van der Waals surface area contributed by atoms with Gasteiger partial charge in [-0.1, -0.05) is 12.1 Å². The van der Waals surface area contributed by atoms with Gasteiger partial charge in [-0.3, -0.25) is 4.79 Å². The zero-order valence-electron chi connectivity index (χ0n) is 14.0. The second-order valence-corrected chi connectivity index (χ2v) is 6.43. The second-order valence-electron chi connectivity index (χ2n) is 5.52. The number of ether oxygens (including phenoxy) is 1. The summed E-state index contributed by atoms with van der Waals surface area (Å²) in [6.45, 7) is -1.04. The third kappa shape index (κ3) is 3.99. The number of thiophene rings is 1. The molecular weight excluding hydrogens is 395 g/mol. The van der Waals surface area contributed by atoms with Crippen molar-refractivity contribution in [3.63, 3.8) is 0 Å². The van der Waals surface area contributed by atoms with E-state index in [1.807, 2.05) is 0 Å². The summed E-state index contributed by atoms with van der Waals surface area (Å²) in [6, 6.07) is 9.25. The fourth-order valence-corrected chi connectivity index (χ4v) is 3.25. The van der Waals surface area contributed by atoms with Crippen LogP contribution in [0.15, 0.2) is 47.8 Å². The van der Waals surface area contributed by atoms with Gasteiger partial charge in [0.15, 0.2) is 0 Å². The summed E-state index contributed by atoms with van der Waals surface area (Å²) in [7, 11) is 0. The van der Waals surface area contributed by atoms with Crippen LogP contribution in [0.1, 0.15) is 20.0 Å². The van der Waals surface area contributed by atoms with Crippen molar-refractivity contribution < 1.29 is 32.6 Å². The Kier molecular flexibility index (Phi) is 5.65. The number of carbonyl (C=O) groups is 2. The van der Waals surface area contributed by atoms with Gasteiger partial charge in [0.25, 0.3) is 5.91 Å². The van der Waals surface area contributed by atoms with E-state index in [1.165, 1.54) is 29.6 Å². The molecule has 0 spiro atoms. The van der Waals surface area contributed by atoms with Crippen LogP contribution in [-0.2, 0) is 0 Å². The van der Waals surface area contributed by atoms with E-state index in [-0.39, 0.29) is 21.8 Å². The Morgan fingerprint density at radius 1 is 1.07 bits per heavy atom. The average molecular weight is 407 g/mol. The molecule has 0 aliphatic carbocycles. The summed E-state index contributed by atoms with van der Waals surface area (Å²) in [5, 5.41) is 12.5. The molecule has 1 aromatic heterocycles. The Morgan fingerprint density at radius 2 is 1.79 bits per heavy atom. The summed E-state index contributed by atoms with van der Waals surface area (Å²) in [5.41, 5.74) is -0.365. The van der Waals surface area contributed by atoms with Crippen molar-refractivity contribution in [2.75, 3.05) is 12.2 Å². The number of halogens is 3. The molecule has 144 valence electrons. The zero-order valence-corrected chi connectivity index (χ0v) is 14.9. The van der Waals surface area contributed by atoms with Crippen LogP contribution in [0.2, 0.25) is 0 Å². The molecule has 3 aromatic rings. The Hall–Kier alpha value is -3.33. The van der Waals surface area contributed by atoms with Gasteiger partial charge in [0.05, 0.1) is 5.56 Å². The molecule has 0 saturated carbocycles. The number of anilines is 1. The molecule has 1 heterocycles. The monoisotopic (exact) mass is 407 g/mol. The SMILES string of the molecule is O=C(Nc1c(F)cc(-c2cccc(OCF)c2)cc1F)c1ccsc1C(=O)O. The van der Waals surface area contributed by atoms with Crippen LogP contribution in [0.25, 0.3) is 11.1 Å². The number of benzene rings is 2. The van der Waals surface area contributed by atoms with Crippen molar-refractivity contribution in [3.05, 3.63) is 69.9 Å². The Labute approximate surface area is 161 Å². The molecule has 3 rings (SSSR count). The first-order chi connectivity index (χ1) is 13.4. The minimum absolute atomic E-state index is 0.152. The average Bonchev–Trinajstić information content (AvgIpc) is 3.15. The van der Waals surface area contributed by atoms with Crippen LogP contribution >= 0.6 is 11.3 Å². The molecule has 0 atom stereocenters. The fraction of sp³-hybridized carbons (Fsp3) is 0.0526. The highest BCUT2D eigenvalue weighted by Gasteiger charge is 2.21. The van der Waals surface area contributed by atoms with Gasteiger partial charge in [-0.2, -0.15) is 0 Å². The fourth-order valence-electron chi connectivity index (χ4n) is 2.52. The maximum Gasteiger partial charge on any atom is 0.346 e. The van der Waals surface area contributed by atoms with Gasteiger partial charge in [-0.05, 0) is 46.8 Å². The molecule has 0 saturated heterocycles. The topological polar surface area (TPSA) is 75.6 Å². The lowest BCUT2D eigenvalue weighted by Crippen LogP contribution is -2.16. The smallest absolute Gasteiger partial charge is 0.346 e. The summed E-state index contributed by atoms with van der Waals surface area (Å²) in [5.74, 6) is -4.16. The summed E-state index contributed by atoms with van der Waals surface area (Å²) in [6.07, 6.45) is 0. The lowest BCUT2D eigenvalue weighted by atomic mass is 10.0. The number of hydrogen-bond acceptors (Lipinski definition) is 4. The number of carboxylic acids is 1. The van der Waals surface area contributed by atoms with Gasteiger partial charge in [0, 0.05) is 0 Å². The summed E-state index contributed by atoms with van der Waals surface area (Å²) < 4.78 is 45.9. The molecule has 2 aromatic carbocycles. The van der Waals surface area contributed by atoms with Crippen LogP contribution in [-0.4, -0.2) is 23.8 Å². The minimum Gasteiger partial charge on any atom is -0.477 e. The molecule has 1 amide bonds. The second kappa shape index (κ2) is 8.13. The van der Waals surface area contributed by atoms with E-state index in [2.05, 4.69) is 5.32 Å². The molecule has 0 fully saturated rings. The number of hydrogen-bond donors (Lipinski definition) is 2. The first kappa shape index (κ1) is 19.4. The van der Waals surface area contributed by atoms with Gasteiger partial charge < -0.3 is 15.2 Å². The maximum atomic E-state index is 14.4. The Balaban J connectivity index is 1.90. The van der Waals surface area contributed by atoms with Crippen LogP contribution in [0.4, 0.5) is 18.9 Å². The summed E-state index contributed by atoms with van der Waals surface area (Å²) in [4.78, 5) is 23.1. The van der Waals surface area contributed by atoms with E-state index in [1.54, 1.807) is 6.07 Å². The van der Waals surface area contributed by atoms with Crippen molar-refractivity contribution in [2.45, 2.75) is 0 Å². The van der Waals surface area contributed by atoms with Crippen molar-refractivity contribution in [1.82, 2.24) is 0 Å². The molecule has 0 unspecified atom stereocenters. The van der Waals surface area contributed by atoms with Crippen LogP contribution in [0.5, 0.6) is 5.75 Å². The van der Waals surface area contributed by atoms with E-state index in [4.69, 9.17) is 9.84 Å². The zero-order chi connectivity index (χ0) is 20.3. The van der Waals surface area contributed by atoms with Gasteiger partial charge in [-0.15, -0.1) is 11.3 Å². The molecular formula is C19H12F3NO4S.